The summed E-state index contributed by atoms with van der Waals surface area (Å²) in [6.45, 7) is 5.20. The lowest BCUT2D eigenvalue weighted by Gasteiger charge is -2.15. The van der Waals surface area contributed by atoms with Gasteiger partial charge in [-0.2, -0.15) is 0 Å². The van der Waals surface area contributed by atoms with Crippen LogP contribution in [0, 0.1) is 6.92 Å². The molecule has 0 saturated carbocycles. The van der Waals surface area contributed by atoms with E-state index in [0.717, 1.165) is 29.5 Å². The standard InChI is InChI=1S/C12H18N4S/c1-4-6-16-7-5-14-12(16)11(13-3)10-8-17-9(2)15-10/h5,7-8,11,13H,4,6H2,1-3H3. The van der Waals surface area contributed by atoms with Gasteiger partial charge in [0.1, 0.15) is 11.9 Å². The quantitative estimate of drug-likeness (QED) is 0.886. The summed E-state index contributed by atoms with van der Waals surface area (Å²) in [5.41, 5.74) is 1.05. The molecule has 0 radical (unpaired) electrons. The highest BCUT2D eigenvalue weighted by molar-refractivity contribution is 7.09. The number of aryl methyl sites for hydroxylation is 2. The van der Waals surface area contributed by atoms with E-state index < -0.39 is 0 Å². The molecular formula is C12H18N4S. The third-order valence-corrected chi connectivity index (χ3v) is 3.48. The monoisotopic (exact) mass is 250 g/mol. The fourth-order valence-corrected chi connectivity index (χ4v) is 2.57. The molecule has 17 heavy (non-hydrogen) atoms. The van der Waals surface area contributed by atoms with Gasteiger partial charge in [-0.15, -0.1) is 11.3 Å². The van der Waals surface area contributed by atoms with Gasteiger partial charge in [0.25, 0.3) is 0 Å². The zero-order valence-electron chi connectivity index (χ0n) is 10.5. The fraction of sp³-hybridized carbons (Fsp3) is 0.500. The molecule has 2 aromatic rings. The van der Waals surface area contributed by atoms with Crippen molar-refractivity contribution in [2.75, 3.05) is 7.05 Å². The third kappa shape index (κ3) is 2.56. The van der Waals surface area contributed by atoms with Crippen molar-refractivity contribution in [2.45, 2.75) is 32.9 Å². The molecule has 0 fully saturated rings. The average molecular weight is 250 g/mol. The maximum absolute atomic E-state index is 4.54. The van der Waals surface area contributed by atoms with E-state index in [2.05, 4.69) is 32.2 Å². The minimum atomic E-state index is 0.0847. The summed E-state index contributed by atoms with van der Waals surface area (Å²) >= 11 is 1.68. The van der Waals surface area contributed by atoms with Crippen LogP contribution in [-0.2, 0) is 6.54 Å². The first-order valence-corrected chi connectivity index (χ1v) is 6.74. The van der Waals surface area contributed by atoms with E-state index in [9.17, 15) is 0 Å². The predicted molar refractivity (Wildman–Crippen MR) is 70.3 cm³/mol. The minimum absolute atomic E-state index is 0.0847. The second kappa shape index (κ2) is 5.42. The second-order valence-electron chi connectivity index (χ2n) is 3.99. The van der Waals surface area contributed by atoms with E-state index in [-0.39, 0.29) is 6.04 Å². The van der Waals surface area contributed by atoms with Crippen molar-refractivity contribution in [3.63, 3.8) is 0 Å². The molecule has 0 bridgehead atoms. The first kappa shape index (κ1) is 12.3. The van der Waals surface area contributed by atoms with Crippen LogP contribution in [0.4, 0.5) is 0 Å². The SMILES string of the molecule is CCCn1ccnc1C(NC)c1csc(C)n1. The minimum Gasteiger partial charge on any atom is -0.333 e. The van der Waals surface area contributed by atoms with Crippen molar-refractivity contribution < 1.29 is 0 Å². The maximum atomic E-state index is 4.54. The molecule has 2 rings (SSSR count). The van der Waals surface area contributed by atoms with Crippen LogP contribution in [0.15, 0.2) is 17.8 Å². The van der Waals surface area contributed by atoms with Crippen LogP contribution in [0.1, 0.15) is 35.9 Å². The normalized spacial score (nSPS) is 12.9. The van der Waals surface area contributed by atoms with Gasteiger partial charge >= 0.3 is 0 Å². The van der Waals surface area contributed by atoms with Crippen LogP contribution < -0.4 is 5.32 Å². The molecule has 0 saturated heterocycles. The number of thiazole rings is 1. The zero-order valence-corrected chi connectivity index (χ0v) is 11.3. The van der Waals surface area contributed by atoms with Crippen LogP contribution in [-0.4, -0.2) is 21.6 Å². The van der Waals surface area contributed by atoms with Crippen LogP contribution in [0.3, 0.4) is 0 Å². The van der Waals surface area contributed by atoms with Gasteiger partial charge in [0.15, 0.2) is 0 Å². The van der Waals surface area contributed by atoms with Gasteiger partial charge < -0.3 is 9.88 Å². The topological polar surface area (TPSA) is 42.7 Å². The third-order valence-electron chi connectivity index (χ3n) is 2.69. The number of nitrogens with one attached hydrogen (secondary N) is 1. The Morgan fingerprint density at radius 2 is 2.35 bits per heavy atom. The van der Waals surface area contributed by atoms with Crippen LogP contribution in [0.2, 0.25) is 0 Å². The van der Waals surface area contributed by atoms with E-state index in [4.69, 9.17) is 0 Å². The lowest BCUT2D eigenvalue weighted by Crippen LogP contribution is -2.22. The number of aromatic nitrogens is 3. The number of rotatable bonds is 5. The summed E-state index contributed by atoms with van der Waals surface area (Å²) in [7, 11) is 1.95. The summed E-state index contributed by atoms with van der Waals surface area (Å²) in [5, 5.41) is 6.48. The molecule has 92 valence electrons. The lowest BCUT2D eigenvalue weighted by molar-refractivity contribution is 0.561. The molecule has 0 aliphatic carbocycles. The molecule has 0 aliphatic rings. The summed E-state index contributed by atoms with van der Waals surface area (Å²) in [6, 6.07) is 0.0847. The van der Waals surface area contributed by atoms with Gasteiger partial charge in [-0.3, -0.25) is 0 Å². The average Bonchev–Trinajstić information content (AvgIpc) is 2.91. The summed E-state index contributed by atoms with van der Waals surface area (Å²) in [4.78, 5) is 9.00. The van der Waals surface area contributed by atoms with Gasteiger partial charge in [-0.25, -0.2) is 9.97 Å². The molecule has 1 unspecified atom stereocenters. The lowest BCUT2D eigenvalue weighted by atomic mass is 10.2. The van der Waals surface area contributed by atoms with E-state index in [1.54, 1.807) is 11.3 Å². The van der Waals surface area contributed by atoms with Gasteiger partial charge in [0.2, 0.25) is 0 Å². The molecule has 2 heterocycles. The Morgan fingerprint density at radius 1 is 1.53 bits per heavy atom. The smallest absolute Gasteiger partial charge is 0.132 e. The molecule has 4 nitrogen and oxygen atoms in total. The summed E-state index contributed by atoms with van der Waals surface area (Å²) in [6.07, 6.45) is 4.99. The van der Waals surface area contributed by atoms with Crippen molar-refractivity contribution in [3.8, 4) is 0 Å². The van der Waals surface area contributed by atoms with Crippen LogP contribution in [0.25, 0.3) is 0 Å². The van der Waals surface area contributed by atoms with E-state index >= 15 is 0 Å². The van der Waals surface area contributed by atoms with Crippen molar-refractivity contribution in [1.29, 1.82) is 0 Å². The van der Waals surface area contributed by atoms with Crippen LogP contribution in [0.5, 0.6) is 0 Å². The molecule has 1 N–H and O–H groups in total. The Balaban J connectivity index is 2.31. The highest BCUT2D eigenvalue weighted by Gasteiger charge is 2.19. The number of nitrogens with zero attached hydrogens (tertiary/aromatic N) is 3. The number of hydrogen-bond donors (Lipinski definition) is 1. The van der Waals surface area contributed by atoms with E-state index in [1.165, 1.54) is 0 Å². The maximum Gasteiger partial charge on any atom is 0.132 e. The molecule has 0 aliphatic heterocycles. The Labute approximate surface area is 106 Å². The van der Waals surface area contributed by atoms with Crippen molar-refractivity contribution >= 4 is 11.3 Å². The molecule has 1 atom stereocenters. The Bertz CT molecular complexity index is 474. The van der Waals surface area contributed by atoms with Gasteiger partial charge in [0, 0.05) is 24.3 Å². The van der Waals surface area contributed by atoms with Gasteiger partial charge in [0.05, 0.1) is 10.7 Å². The zero-order chi connectivity index (χ0) is 12.3. The van der Waals surface area contributed by atoms with E-state index in [1.807, 2.05) is 26.4 Å². The summed E-state index contributed by atoms with van der Waals surface area (Å²) in [5.74, 6) is 1.04. The second-order valence-corrected chi connectivity index (χ2v) is 5.05. The van der Waals surface area contributed by atoms with E-state index in [0.29, 0.717) is 0 Å². The first-order valence-electron chi connectivity index (χ1n) is 5.86. The molecule has 5 heteroatoms. The number of imidazole rings is 1. The predicted octanol–water partition coefficient (Wildman–Crippen LogP) is 2.37. The number of hydrogen-bond acceptors (Lipinski definition) is 4. The Kier molecular flexibility index (Phi) is 3.91. The van der Waals surface area contributed by atoms with Crippen molar-refractivity contribution in [2.24, 2.45) is 0 Å². The highest BCUT2D eigenvalue weighted by atomic mass is 32.1. The Hall–Kier alpha value is -1.20. The molecule has 0 aromatic carbocycles. The van der Waals surface area contributed by atoms with Gasteiger partial charge in [-0.1, -0.05) is 6.92 Å². The Morgan fingerprint density at radius 3 is 2.94 bits per heavy atom. The summed E-state index contributed by atoms with van der Waals surface area (Å²) < 4.78 is 2.19. The highest BCUT2D eigenvalue weighted by Crippen LogP contribution is 2.22. The molecular weight excluding hydrogens is 232 g/mol. The van der Waals surface area contributed by atoms with Crippen molar-refractivity contribution in [1.82, 2.24) is 19.9 Å². The molecule has 0 amide bonds. The largest absolute Gasteiger partial charge is 0.333 e. The fourth-order valence-electron chi connectivity index (χ4n) is 1.93. The molecule has 2 aromatic heterocycles. The van der Waals surface area contributed by atoms with Crippen molar-refractivity contribution in [3.05, 3.63) is 34.3 Å². The van der Waals surface area contributed by atoms with Crippen LogP contribution >= 0.6 is 11.3 Å². The van der Waals surface area contributed by atoms with Gasteiger partial charge in [-0.05, 0) is 20.4 Å². The first-order chi connectivity index (χ1) is 8.26. The molecule has 0 spiro atoms.